The van der Waals surface area contributed by atoms with Crippen molar-refractivity contribution in [1.82, 2.24) is 5.32 Å². The van der Waals surface area contributed by atoms with Crippen molar-refractivity contribution in [3.8, 4) is 0 Å². The Balaban J connectivity index is 2.85. The molecule has 0 aliphatic carbocycles. The van der Waals surface area contributed by atoms with E-state index in [0.29, 0.717) is 0 Å². The first kappa shape index (κ1) is 10.5. The van der Waals surface area contributed by atoms with Crippen molar-refractivity contribution in [2.75, 3.05) is 20.3 Å². The van der Waals surface area contributed by atoms with Crippen LogP contribution in [-0.2, 0) is 4.74 Å². The van der Waals surface area contributed by atoms with Gasteiger partial charge < -0.3 is 10.1 Å². The van der Waals surface area contributed by atoms with Gasteiger partial charge in [0.2, 0.25) is 0 Å². The van der Waals surface area contributed by atoms with E-state index in [0.717, 1.165) is 25.3 Å². The normalized spacial score (nSPS) is 9.64. The lowest BCUT2D eigenvalue weighted by Crippen LogP contribution is -2.11. The van der Waals surface area contributed by atoms with Gasteiger partial charge in [0.05, 0.1) is 0 Å². The summed E-state index contributed by atoms with van der Waals surface area (Å²) in [7, 11) is 1.74. The molecule has 0 aromatic rings. The Hall–Kier alpha value is -0.500. The molecule has 0 aliphatic heterocycles. The van der Waals surface area contributed by atoms with Gasteiger partial charge in [0.25, 0.3) is 0 Å². The number of ether oxygens (including phenoxy) is 1. The molecule has 11 heavy (non-hydrogen) atoms. The van der Waals surface area contributed by atoms with Crippen molar-refractivity contribution in [3.05, 3.63) is 12.3 Å². The van der Waals surface area contributed by atoms with Crippen molar-refractivity contribution in [2.24, 2.45) is 0 Å². The first-order valence-corrected chi connectivity index (χ1v) is 4.15. The Labute approximate surface area is 69.6 Å². The summed E-state index contributed by atoms with van der Waals surface area (Å²) >= 11 is 0. The molecule has 0 spiro atoms. The zero-order valence-corrected chi connectivity index (χ0v) is 7.65. The minimum atomic E-state index is 0.882. The highest BCUT2D eigenvalue weighted by Crippen LogP contribution is 1.94. The Morgan fingerprint density at radius 3 is 2.64 bits per heavy atom. The molecule has 0 aromatic carbocycles. The summed E-state index contributed by atoms with van der Waals surface area (Å²) in [5.74, 6) is 0. The molecule has 0 atom stereocenters. The van der Waals surface area contributed by atoms with Gasteiger partial charge in [-0.1, -0.05) is 6.58 Å². The third-order valence-corrected chi connectivity index (χ3v) is 1.45. The van der Waals surface area contributed by atoms with Gasteiger partial charge in [-0.05, 0) is 26.2 Å². The number of allylic oxidation sites excluding steroid dienone is 1. The maximum atomic E-state index is 4.93. The molecule has 1 N–H and O–H groups in total. The van der Waals surface area contributed by atoms with E-state index in [2.05, 4.69) is 11.9 Å². The van der Waals surface area contributed by atoms with Crippen LogP contribution in [0.2, 0.25) is 0 Å². The molecule has 0 rings (SSSR count). The van der Waals surface area contributed by atoms with Crippen LogP contribution in [0.15, 0.2) is 12.3 Å². The molecule has 0 radical (unpaired) electrons. The Bertz CT molecular complexity index is 102. The SMILES string of the molecule is C=C(C)NCCCCCOC. The molecule has 0 bridgehead atoms. The number of rotatable bonds is 7. The van der Waals surface area contributed by atoms with Gasteiger partial charge in [0, 0.05) is 26.0 Å². The van der Waals surface area contributed by atoms with Crippen LogP contribution in [0.5, 0.6) is 0 Å². The fourth-order valence-corrected chi connectivity index (χ4v) is 0.850. The van der Waals surface area contributed by atoms with Crippen molar-refractivity contribution < 1.29 is 4.74 Å². The molecular weight excluding hydrogens is 138 g/mol. The number of nitrogens with one attached hydrogen (secondary N) is 1. The number of hydrogen-bond donors (Lipinski definition) is 1. The summed E-state index contributed by atoms with van der Waals surface area (Å²) in [6.45, 7) is 7.66. The van der Waals surface area contributed by atoms with E-state index in [9.17, 15) is 0 Å². The molecule has 0 saturated carbocycles. The van der Waals surface area contributed by atoms with E-state index in [1.165, 1.54) is 12.8 Å². The summed E-state index contributed by atoms with van der Waals surface area (Å²) in [5, 5.41) is 3.19. The highest BCUT2D eigenvalue weighted by atomic mass is 16.5. The molecule has 0 fully saturated rings. The second-order valence-electron chi connectivity index (χ2n) is 2.76. The monoisotopic (exact) mass is 157 g/mol. The predicted molar refractivity (Wildman–Crippen MR) is 48.5 cm³/mol. The third kappa shape index (κ3) is 9.50. The molecule has 0 heterocycles. The maximum absolute atomic E-state index is 4.93. The van der Waals surface area contributed by atoms with Crippen LogP contribution < -0.4 is 5.32 Å². The standard InChI is InChI=1S/C9H19NO/c1-9(2)10-7-5-4-6-8-11-3/h10H,1,4-8H2,2-3H3. The van der Waals surface area contributed by atoms with Gasteiger partial charge in [-0.3, -0.25) is 0 Å². The first-order valence-electron chi connectivity index (χ1n) is 4.15. The second-order valence-corrected chi connectivity index (χ2v) is 2.76. The summed E-state index contributed by atoms with van der Waals surface area (Å²) in [5.41, 5.74) is 1.05. The van der Waals surface area contributed by atoms with Crippen molar-refractivity contribution in [1.29, 1.82) is 0 Å². The average molecular weight is 157 g/mol. The maximum Gasteiger partial charge on any atom is 0.0462 e. The third-order valence-electron chi connectivity index (χ3n) is 1.45. The van der Waals surface area contributed by atoms with Crippen molar-refractivity contribution >= 4 is 0 Å². The van der Waals surface area contributed by atoms with Crippen LogP contribution in [0.3, 0.4) is 0 Å². The number of hydrogen-bond acceptors (Lipinski definition) is 2. The summed E-state index contributed by atoms with van der Waals surface area (Å²) in [6.07, 6.45) is 3.60. The second kappa shape index (κ2) is 7.61. The van der Waals surface area contributed by atoms with Crippen LogP contribution in [0.4, 0.5) is 0 Å². The lowest BCUT2D eigenvalue weighted by atomic mass is 10.2. The van der Waals surface area contributed by atoms with Crippen LogP contribution in [0.1, 0.15) is 26.2 Å². The van der Waals surface area contributed by atoms with Gasteiger partial charge >= 0.3 is 0 Å². The summed E-state index contributed by atoms with van der Waals surface area (Å²) < 4.78 is 4.93. The van der Waals surface area contributed by atoms with E-state index in [1.807, 2.05) is 6.92 Å². The smallest absolute Gasteiger partial charge is 0.0462 e. The molecule has 0 saturated heterocycles. The average Bonchev–Trinajstić information content (AvgIpc) is 1.96. The van der Waals surface area contributed by atoms with Crippen LogP contribution in [-0.4, -0.2) is 20.3 Å². The summed E-state index contributed by atoms with van der Waals surface area (Å²) in [6, 6.07) is 0. The van der Waals surface area contributed by atoms with E-state index in [1.54, 1.807) is 7.11 Å². The van der Waals surface area contributed by atoms with Crippen molar-refractivity contribution in [2.45, 2.75) is 26.2 Å². The van der Waals surface area contributed by atoms with Gasteiger partial charge in [-0.2, -0.15) is 0 Å². The van der Waals surface area contributed by atoms with Crippen LogP contribution >= 0.6 is 0 Å². The highest BCUT2D eigenvalue weighted by molar-refractivity contribution is 4.83. The van der Waals surface area contributed by atoms with E-state index in [-0.39, 0.29) is 0 Å². The van der Waals surface area contributed by atoms with E-state index < -0.39 is 0 Å². The predicted octanol–water partition coefficient (Wildman–Crippen LogP) is 1.93. The fourth-order valence-electron chi connectivity index (χ4n) is 0.850. The lowest BCUT2D eigenvalue weighted by molar-refractivity contribution is 0.192. The number of unbranched alkanes of at least 4 members (excludes halogenated alkanes) is 2. The van der Waals surface area contributed by atoms with Crippen LogP contribution in [0.25, 0.3) is 0 Å². The lowest BCUT2D eigenvalue weighted by Gasteiger charge is -2.03. The minimum Gasteiger partial charge on any atom is -0.389 e. The van der Waals surface area contributed by atoms with Crippen molar-refractivity contribution in [3.63, 3.8) is 0 Å². The van der Waals surface area contributed by atoms with Gasteiger partial charge in [0.15, 0.2) is 0 Å². The topological polar surface area (TPSA) is 21.3 Å². The fraction of sp³-hybridized carbons (Fsp3) is 0.778. The largest absolute Gasteiger partial charge is 0.389 e. The molecule has 0 unspecified atom stereocenters. The zero-order chi connectivity index (χ0) is 8.53. The molecule has 0 aromatic heterocycles. The van der Waals surface area contributed by atoms with E-state index in [4.69, 9.17) is 4.74 Å². The zero-order valence-electron chi connectivity index (χ0n) is 7.65. The van der Waals surface area contributed by atoms with Gasteiger partial charge in [-0.15, -0.1) is 0 Å². The molecule has 66 valence electrons. The minimum absolute atomic E-state index is 0.882. The Morgan fingerprint density at radius 1 is 1.36 bits per heavy atom. The number of methoxy groups -OCH3 is 1. The van der Waals surface area contributed by atoms with Crippen LogP contribution in [0, 0.1) is 0 Å². The molecule has 2 heteroatoms. The molecular formula is C9H19NO. The highest BCUT2D eigenvalue weighted by Gasteiger charge is 1.87. The van der Waals surface area contributed by atoms with Gasteiger partial charge in [0.1, 0.15) is 0 Å². The molecule has 0 aliphatic rings. The van der Waals surface area contributed by atoms with E-state index >= 15 is 0 Å². The van der Waals surface area contributed by atoms with Gasteiger partial charge in [-0.25, -0.2) is 0 Å². The quantitative estimate of drug-likeness (QED) is 0.570. The first-order chi connectivity index (χ1) is 5.27. The molecule has 0 amide bonds. The Kier molecular flexibility index (Phi) is 7.26. The summed E-state index contributed by atoms with van der Waals surface area (Å²) in [4.78, 5) is 0. The molecule has 2 nitrogen and oxygen atoms in total. The Morgan fingerprint density at radius 2 is 2.09 bits per heavy atom.